The van der Waals surface area contributed by atoms with Gasteiger partial charge in [-0.3, -0.25) is 4.79 Å². The van der Waals surface area contributed by atoms with Gasteiger partial charge in [0, 0.05) is 0 Å². The van der Waals surface area contributed by atoms with Gasteiger partial charge in [-0.05, 0) is 25.3 Å². The molecule has 1 aliphatic carbocycles. The summed E-state index contributed by atoms with van der Waals surface area (Å²) in [5.74, 6) is -0.391. The van der Waals surface area contributed by atoms with Crippen molar-refractivity contribution in [2.24, 2.45) is 0 Å². The van der Waals surface area contributed by atoms with Crippen molar-refractivity contribution < 1.29 is 15.0 Å². The fourth-order valence-corrected chi connectivity index (χ4v) is 1.09. The summed E-state index contributed by atoms with van der Waals surface area (Å²) in [5, 5.41) is 18.2. The first-order valence-electron chi connectivity index (χ1n) is 3.78. The van der Waals surface area contributed by atoms with Crippen molar-refractivity contribution in [1.29, 1.82) is 0 Å². The van der Waals surface area contributed by atoms with Crippen molar-refractivity contribution in [3.05, 3.63) is 12.2 Å². The fourth-order valence-electron chi connectivity index (χ4n) is 1.09. The predicted octanol–water partition coefficient (Wildman–Crippen LogP) is 0.0174. The quantitative estimate of drug-likeness (QED) is 0.519. The van der Waals surface area contributed by atoms with E-state index in [0.717, 1.165) is 12.8 Å². The van der Waals surface area contributed by atoms with Gasteiger partial charge in [-0.15, -0.1) is 0 Å². The Kier molecular flexibility index (Phi) is 2.79. The molecule has 2 unspecified atom stereocenters. The van der Waals surface area contributed by atoms with Gasteiger partial charge in [0.15, 0.2) is 5.78 Å². The van der Waals surface area contributed by atoms with E-state index in [9.17, 15) is 4.79 Å². The van der Waals surface area contributed by atoms with Gasteiger partial charge in [-0.2, -0.15) is 0 Å². The normalized spacial score (nSPS) is 33.1. The SMILES string of the molecule is O=C1C=CCCCC(O)C1O. The molecule has 0 aromatic carbocycles. The molecule has 62 valence electrons. The molecule has 0 aromatic rings. The number of carbonyl (C=O) groups is 1. The number of carbonyl (C=O) groups excluding carboxylic acids is 1. The van der Waals surface area contributed by atoms with Gasteiger partial charge in [0.2, 0.25) is 0 Å². The Morgan fingerprint density at radius 2 is 2.18 bits per heavy atom. The third kappa shape index (κ3) is 2.13. The first-order chi connectivity index (χ1) is 5.22. The maximum Gasteiger partial charge on any atom is 0.186 e. The topological polar surface area (TPSA) is 57.5 Å². The fraction of sp³-hybridized carbons (Fsp3) is 0.625. The molecule has 3 nitrogen and oxygen atoms in total. The Morgan fingerprint density at radius 3 is 2.91 bits per heavy atom. The van der Waals surface area contributed by atoms with E-state index < -0.39 is 18.0 Å². The Balaban J connectivity index is 2.64. The van der Waals surface area contributed by atoms with Crippen LogP contribution in [-0.4, -0.2) is 28.2 Å². The Morgan fingerprint density at radius 1 is 1.45 bits per heavy atom. The summed E-state index contributed by atoms with van der Waals surface area (Å²) in [6.45, 7) is 0. The van der Waals surface area contributed by atoms with E-state index in [1.54, 1.807) is 6.08 Å². The van der Waals surface area contributed by atoms with Crippen molar-refractivity contribution in [1.82, 2.24) is 0 Å². The van der Waals surface area contributed by atoms with E-state index in [1.807, 2.05) is 0 Å². The summed E-state index contributed by atoms with van der Waals surface area (Å²) in [5.41, 5.74) is 0. The van der Waals surface area contributed by atoms with Crippen LogP contribution in [0.15, 0.2) is 12.2 Å². The van der Waals surface area contributed by atoms with Crippen LogP contribution in [0.1, 0.15) is 19.3 Å². The molecule has 0 fully saturated rings. The minimum absolute atomic E-state index is 0.391. The minimum Gasteiger partial charge on any atom is -0.390 e. The van der Waals surface area contributed by atoms with E-state index >= 15 is 0 Å². The lowest BCUT2D eigenvalue weighted by Gasteiger charge is -2.16. The van der Waals surface area contributed by atoms with E-state index in [2.05, 4.69) is 0 Å². The van der Waals surface area contributed by atoms with Gasteiger partial charge < -0.3 is 10.2 Å². The second-order valence-corrected chi connectivity index (χ2v) is 2.75. The lowest BCUT2D eigenvalue weighted by molar-refractivity contribution is -0.128. The zero-order chi connectivity index (χ0) is 8.27. The van der Waals surface area contributed by atoms with Gasteiger partial charge in [0.25, 0.3) is 0 Å². The molecule has 3 heteroatoms. The highest BCUT2D eigenvalue weighted by Crippen LogP contribution is 2.10. The number of allylic oxidation sites excluding steroid dienone is 1. The standard InChI is InChI=1S/C8H12O3/c9-6-4-2-1-3-5-7(10)8(6)11/h2,4,7-8,10-11H,1,3,5H2. The zero-order valence-corrected chi connectivity index (χ0v) is 6.23. The van der Waals surface area contributed by atoms with Crippen LogP contribution in [0.4, 0.5) is 0 Å². The number of ketones is 1. The molecule has 2 atom stereocenters. The van der Waals surface area contributed by atoms with Crippen molar-refractivity contribution in [3.63, 3.8) is 0 Å². The average Bonchev–Trinajstić information content (AvgIpc) is 2.00. The van der Waals surface area contributed by atoms with Crippen molar-refractivity contribution in [2.45, 2.75) is 31.5 Å². The molecular weight excluding hydrogens is 144 g/mol. The van der Waals surface area contributed by atoms with Crippen molar-refractivity contribution >= 4 is 5.78 Å². The monoisotopic (exact) mass is 156 g/mol. The van der Waals surface area contributed by atoms with Crippen LogP contribution in [0, 0.1) is 0 Å². The second-order valence-electron chi connectivity index (χ2n) is 2.75. The first-order valence-corrected chi connectivity index (χ1v) is 3.78. The molecule has 0 bridgehead atoms. The lowest BCUT2D eigenvalue weighted by atomic mass is 10.00. The largest absolute Gasteiger partial charge is 0.390 e. The smallest absolute Gasteiger partial charge is 0.186 e. The maximum absolute atomic E-state index is 10.9. The Labute approximate surface area is 65.3 Å². The summed E-state index contributed by atoms with van der Waals surface area (Å²) < 4.78 is 0. The molecule has 0 saturated heterocycles. The molecule has 1 rings (SSSR count). The molecule has 0 heterocycles. The highest BCUT2D eigenvalue weighted by atomic mass is 16.3. The Bertz CT molecular complexity index is 174. The molecule has 1 aliphatic rings. The molecular formula is C8H12O3. The van der Waals surface area contributed by atoms with Crippen molar-refractivity contribution in [2.75, 3.05) is 0 Å². The van der Waals surface area contributed by atoms with E-state index in [4.69, 9.17) is 10.2 Å². The average molecular weight is 156 g/mol. The summed E-state index contributed by atoms with van der Waals surface area (Å²) >= 11 is 0. The molecule has 0 amide bonds. The number of hydrogen-bond acceptors (Lipinski definition) is 3. The molecule has 0 aromatic heterocycles. The number of hydrogen-bond donors (Lipinski definition) is 2. The minimum atomic E-state index is -1.22. The number of rotatable bonds is 0. The molecule has 0 radical (unpaired) electrons. The predicted molar refractivity (Wildman–Crippen MR) is 40.0 cm³/mol. The molecule has 0 spiro atoms. The third-order valence-corrected chi connectivity index (χ3v) is 1.81. The third-order valence-electron chi connectivity index (χ3n) is 1.81. The first kappa shape index (κ1) is 8.43. The van der Waals surface area contributed by atoms with Gasteiger partial charge in [-0.25, -0.2) is 0 Å². The van der Waals surface area contributed by atoms with Gasteiger partial charge in [0.1, 0.15) is 6.10 Å². The lowest BCUT2D eigenvalue weighted by Crippen LogP contribution is -2.33. The van der Waals surface area contributed by atoms with Crippen LogP contribution in [-0.2, 0) is 4.79 Å². The van der Waals surface area contributed by atoms with Gasteiger partial charge in [0.05, 0.1) is 6.10 Å². The summed E-state index contributed by atoms with van der Waals surface area (Å²) in [6.07, 6.45) is 3.10. The second kappa shape index (κ2) is 3.64. The number of aliphatic hydroxyl groups is 2. The Hall–Kier alpha value is -0.670. The van der Waals surface area contributed by atoms with E-state index in [1.165, 1.54) is 6.08 Å². The van der Waals surface area contributed by atoms with Crippen LogP contribution in [0.2, 0.25) is 0 Å². The van der Waals surface area contributed by atoms with Gasteiger partial charge in [-0.1, -0.05) is 6.08 Å². The summed E-state index contributed by atoms with van der Waals surface area (Å²) in [7, 11) is 0. The van der Waals surface area contributed by atoms with E-state index in [-0.39, 0.29) is 0 Å². The molecule has 0 saturated carbocycles. The highest BCUT2D eigenvalue weighted by molar-refractivity contribution is 5.93. The maximum atomic E-state index is 10.9. The van der Waals surface area contributed by atoms with Gasteiger partial charge >= 0.3 is 0 Å². The van der Waals surface area contributed by atoms with Crippen LogP contribution in [0.3, 0.4) is 0 Å². The summed E-state index contributed by atoms with van der Waals surface area (Å²) in [4.78, 5) is 10.9. The summed E-state index contributed by atoms with van der Waals surface area (Å²) in [6, 6.07) is 0. The van der Waals surface area contributed by atoms with Crippen LogP contribution in [0.25, 0.3) is 0 Å². The van der Waals surface area contributed by atoms with Crippen LogP contribution >= 0.6 is 0 Å². The zero-order valence-electron chi connectivity index (χ0n) is 6.23. The van der Waals surface area contributed by atoms with Crippen LogP contribution in [0.5, 0.6) is 0 Å². The number of aliphatic hydroxyl groups excluding tert-OH is 2. The van der Waals surface area contributed by atoms with Crippen LogP contribution < -0.4 is 0 Å². The van der Waals surface area contributed by atoms with E-state index in [0.29, 0.717) is 6.42 Å². The molecule has 0 aliphatic heterocycles. The highest BCUT2D eigenvalue weighted by Gasteiger charge is 2.22. The molecule has 2 N–H and O–H groups in total. The van der Waals surface area contributed by atoms with Crippen molar-refractivity contribution in [3.8, 4) is 0 Å². The molecule has 11 heavy (non-hydrogen) atoms.